The zero-order chi connectivity index (χ0) is 13.3. The number of rotatable bonds is 3. The van der Waals surface area contributed by atoms with Crippen LogP contribution < -0.4 is 0 Å². The highest BCUT2D eigenvalue weighted by molar-refractivity contribution is 7.71. The van der Waals surface area contributed by atoms with Crippen molar-refractivity contribution in [1.29, 1.82) is 0 Å². The molecule has 1 N–H and O–H groups in total. The summed E-state index contributed by atoms with van der Waals surface area (Å²) in [5.41, 5.74) is 1.13. The van der Waals surface area contributed by atoms with Gasteiger partial charge in [-0.25, -0.2) is 0 Å². The van der Waals surface area contributed by atoms with Crippen LogP contribution in [0.5, 0.6) is 0 Å². The maximum Gasteiger partial charge on any atom is 0.195 e. The van der Waals surface area contributed by atoms with Crippen LogP contribution in [0.25, 0.3) is 0 Å². The Morgan fingerprint density at radius 1 is 1.33 bits per heavy atom. The molecule has 5 heteroatoms. The fraction of sp³-hybridized carbons (Fsp3) is 0.385. The second-order valence-electron chi connectivity index (χ2n) is 4.64. The van der Waals surface area contributed by atoms with Crippen LogP contribution in [0.1, 0.15) is 44.1 Å². The van der Waals surface area contributed by atoms with Crippen molar-refractivity contribution in [1.82, 2.24) is 14.8 Å². The quantitative estimate of drug-likeness (QED) is 0.850. The first kappa shape index (κ1) is 13.3. The smallest absolute Gasteiger partial charge is 0.195 e. The van der Waals surface area contributed by atoms with Crippen LogP contribution in [-0.4, -0.2) is 14.8 Å². The number of nitrogens with one attached hydrogen (secondary N) is 1. The van der Waals surface area contributed by atoms with E-state index in [1.54, 1.807) is 0 Å². The minimum absolute atomic E-state index is 0.118. The summed E-state index contributed by atoms with van der Waals surface area (Å²) in [6.45, 7) is 6.31. The lowest BCUT2D eigenvalue weighted by atomic mass is 10.1. The summed E-state index contributed by atoms with van der Waals surface area (Å²) in [7, 11) is 0. The lowest BCUT2D eigenvalue weighted by Gasteiger charge is -2.17. The summed E-state index contributed by atoms with van der Waals surface area (Å²) in [6, 6.07) is 7.95. The van der Waals surface area contributed by atoms with Crippen LogP contribution in [-0.2, 0) is 0 Å². The highest BCUT2D eigenvalue weighted by atomic mass is 35.5. The third-order valence-corrected chi connectivity index (χ3v) is 3.49. The maximum absolute atomic E-state index is 6.03. The van der Waals surface area contributed by atoms with E-state index in [0.717, 1.165) is 16.4 Å². The molecule has 0 spiro atoms. The number of aromatic amines is 1. The molecule has 1 unspecified atom stereocenters. The Labute approximate surface area is 117 Å². The molecular formula is C13H16ClN3S. The number of halogens is 1. The lowest BCUT2D eigenvalue weighted by Crippen LogP contribution is -2.12. The van der Waals surface area contributed by atoms with E-state index in [1.165, 1.54) is 0 Å². The number of benzene rings is 1. The van der Waals surface area contributed by atoms with Crippen molar-refractivity contribution < 1.29 is 0 Å². The minimum atomic E-state index is 0.118. The number of H-pyrrole nitrogens is 1. The Balaban J connectivity index is 2.49. The number of hydrogen-bond donors (Lipinski definition) is 1. The van der Waals surface area contributed by atoms with Gasteiger partial charge >= 0.3 is 0 Å². The molecule has 1 heterocycles. The molecule has 1 atom stereocenters. The normalized spacial score (nSPS) is 12.9. The summed E-state index contributed by atoms with van der Waals surface area (Å²) < 4.78 is 2.69. The topological polar surface area (TPSA) is 33.6 Å². The van der Waals surface area contributed by atoms with Crippen LogP contribution in [0.15, 0.2) is 24.3 Å². The van der Waals surface area contributed by atoms with Crippen molar-refractivity contribution in [2.45, 2.75) is 32.7 Å². The lowest BCUT2D eigenvalue weighted by molar-refractivity contribution is 0.573. The average molecular weight is 282 g/mol. The van der Waals surface area contributed by atoms with E-state index in [1.807, 2.05) is 22.8 Å². The molecule has 18 heavy (non-hydrogen) atoms. The molecule has 0 aliphatic rings. The van der Waals surface area contributed by atoms with Gasteiger partial charge < -0.3 is 0 Å². The van der Waals surface area contributed by atoms with Crippen molar-refractivity contribution in [2.24, 2.45) is 0 Å². The van der Waals surface area contributed by atoms with Gasteiger partial charge in [-0.05, 0) is 36.8 Å². The van der Waals surface area contributed by atoms with Gasteiger partial charge in [-0.2, -0.15) is 5.10 Å². The van der Waals surface area contributed by atoms with Crippen molar-refractivity contribution in [2.75, 3.05) is 0 Å². The van der Waals surface area contributed by atoms with Gasteiger partial charge in [-0.15, -0.1) is 0 Å². The van der Waals surface area contributed by atoms with E-state index in [0.29, 0.717) is 10.7 Å². The van der Waals surface area contributed by atoms with Crippen molar-refractivity contribution in [3.63, 3.8) is 0 Å². The fourth-order valence-corrected chi connectivity index (χ4v) is 2.51. The second kappa shape index (κ2) is 5.24. The number of aromatic nitrogens is 3. The molecule has 0 aliphatic heterocycles. The van der Waals surface area contributed by atoms with Gasteiger partial charge in [0.15, 0.2) is 4.77 Å². The molecule has 2 rings (SSSR count). The Hall–Kier alpha value is -1.13. The largest absolute Gasteiger partial charge is 0.297 e. The highest BCUT2D eigenvalue weighted by Crippen LogP contribution is 2.24. The first-order chi connectivity index (χ1) is 8.50. The zero-order valence-electron chi connectivity index (χ0n) is 10.6. The molecule has 3 nitrogen and oxygen atoms in total. The van der Waals surface area contributed by atoms with Gasteiger partial charge in [-0.3, -0.25) is 9.67 Å². The number of hydrogen-bond acceptors (Lipinski definition) is 2. The van der Waals surface area contributed by atoms with Gasteiger partial charge in [0.2, 0.25) is 0 Å². The molecule has 0 radical (unpaired) electrons. The van der Waals surface area contributed by atoms with E-state index >= 15 is 0 Å². The van der Waals surface area contributed by atoms with Crippen molar-refractivity contribution in [3.05, 3.63) is 45.4 Å². The molecule has 0 saturated carbocycles. The maximum atomic E-state index is 6.03. The van der Waals surface area contributed by atoms with Crippen molar-refractivity contribution >= 4 is 23.8 Å². The van der Waals surface area contributed by atoms with E-state index in [2.05, 4.69) is 37.0 Å². The summed E-state index contributed by atoms with van der Waals surface area (Å²) in [5, 5.41) is 7.90. The van der Waals surface area contributed by atoms with Gasteiger partial charge in [-0.1, -0.05) is 37.6 Å². The molecule has 2 aromatic rings. The first-order valence-electron chi connectivity index (χ1n) is 5.93. The van der Waals surface area contributed by atoms with E-state index in [9.17, 15) is 0 Å². The van der Waals surface area contributed by atoms with Crippen LogP contribution in [0.4, 0.5) is 0 Å². The Morgan fingerprint density at radius 3 is 2.67 bits per heavy atom. The standard InChI is InChI=1S/C13H16ClN3S/c1-8(2)12-15-16-13(18)17(12)9(3)10-5-4-6-11(14)7-10/h4-9H,1-3H3,(H,16,18). The first-order valence-corrected chi connectivity index (χ1v) is 6.71. The Bertz CT molecular complexity index is 600. The van der Waals surface area contributed by atoms with Crippen LogP contribution >= 0.6 is 23.8 Å². The van der Waals surface area contributed by atoms with Crippen LogP contribution in [0.2, 0.25) is 5.02 Å². The summed E-state index contributed by atoms with van der Waals surface area (Å²) >= 11 is 11.3. The SMILES string of the molecule is CC(C)c1n[nH]c(=S)n1C(C)c1cccc(Cl)c1. The molecule has 0 saturated heterocycles. The number of nitrogens with zero attached hydrogens (tertiary/aromatic N) is 2. The van der Waals surface area contributed by atoms with Gasteiger partial charge in [0.1, 0.15) is 5.82 Å². The third kappa shape index (κ3) is 2.49. The Morgan fingerprint density at radius 2 is 2.06 bits per heavy atom. The van der Waals surface area contributed by atoms with E-state index in [-0.39, 0.29) is 6.04 Å². The predicted molar refractivity (Wildman–Crippen MR) is 76.8 cm³/mol. The zero-order valence-corrected chi connectivity index (χ0v) is 12.2. The Kier molecular flexibility index (Phi) is 3.88. The van der Waals surface area contributed by atoms with E-state index in [4.69, 9.17) is 23.8 Å². The van der Waals surface area contributed by atoms with Crippen LogP contribution in [0, 0.1) is 4.77 Å². The van der Waals surface area contributed by atoms with E-state index < -0.39 is 0 Å². The van der Waals surface area contributed by atoms with Gasteiger partial charge in [0, 0.05) is 10.9 Å². The molecule has 0 fully saturated rings. The predicted octanol–water partition coefficient (Wildman–Crippen LogP) is 4.33. The summed E-state index contributed by atoms with van der Waals surface area (Å²) in [6.07, 6.45) is 0. The van der Waals surface area contributed by atoms with Crippen LogP contribution in [0.3, 0.4) is 0 Å². The molecule has 1 aromatic carbocycles. The fourth-order valence-electron chi connectivity index (χ4n) is 2.01. The van der Waals surface area contributed by atoms with Gasteiger partial charge in [0.05, 0.1) is 6.04 Å². The molecule has 0 amide bonds. The van der Waals surface area contributed by atoms with Gasteiger partial charge in [0.25, 0.3) is 0 Å². The summed E-state index contributed by atoms with van der Waals surface area (Å²) in [4.78, 5) is 0. The molecule has 0 bridgehead atoms. The third-order valence-electron chi connectivity index (χ3n) is 2.97. The second-order valence-corrected chi connectivity index (χ2v) is 5.47. The molecular weight excluding hydrogens is 266 g/mol. The highest BCUT2D eigenvalue weighted by Gasteiger charge is 2.16. The molecule has 0 aliphatic carbocycles. The van der Waals surface area contributed by atoms with Crippen molar-refractivity contribution in [3.8, 4) is 0 Å². The summed E-state index contributed by atoms with van der Waals surface area (Å²) in [5.74, 6) is 1.28. The average Bonchev–Trinajstić information content (AvgIpc) is 2.70. The molecule has 96 valence electrons. The minimum Gasteiger partial charge on any atom is -0.297 e. The molecule has 1 aromatic heterocycles. The monoisotopic (exact) mass is 281 g/mol.